The number of nitrogens with zero attached hydrogens (tertiary/aromatic N) is 3. The van der Waals surface area contributed by atoms with Crippen molar-refractivity contribution < 1.29 is 9.53 Å². The number of aryl methyl sites for hydroxylation is 1. The maximum Gasteiger partial charge on any atom is 0.155 e. The lowest BCUT2D eigenvalue weighted by molar-refractivity contribution is -0.114. The number of carbonyl (C=O) groups is 1. The van der Waals surface area contributed by atoms with Crippen LogP contribution in [0.4, 0.5) is 11.6 Å². The first-order chi connectivity index (χ1) is 15.4. The van der Waals surface area contributed by atoms with Crippen molar-refractivity contribution in [2.45, 2.75) is 46.5 Å². The smallest absolute Gasteiger partial charge is 0.155 e. The Morgan fingerprint density at radius 2 is 2.00 bits per heavy atom. The third kappa shape index (κ3) is 6.93. The topological polar surface area (TPSA) is 81.3 Å². The van der Waals surface area contributed by atoms with Crippen LogP contribution in [0.25, 0.3) is 11.3 Å². The van der Waals surface area contributed by atoms with Gasteiger partial charge in [-0.3, -0.25) is 4.79 Å². The highest BCUT2D eigenvalue weighted by molar-refractivity contribution is 5.90. The summed E-state index contributed by atoms with van der Waals surface area (Å²) in [6, 6.07) is 5.91. The van der Waals surface area contributed by atoms with Gasteiger partial charge < -0.3 is 15.4 Å². The van der Waals surface area contributed by atoms with Crippen LogP contribution in [0.2, 0.25) is 0 Å². The largest absolute Gasteiger partial charge is 0.384 e. The summed E-state index contributed by atoms with van der Waals surface area (Å²) in [4.78, 5) is 23.1. The molecule has 168 valence electrons. The molecule has 1 fully saturated rings. The predicted octanol–water partition coefficient (Wildman–Crippen LogP) is 4.32. The first-order valence-corrected chi connectivity index (χ1v) is 11.2. The minimum atomic E-state index is 0.194. The van der Waals surface area contributed by atoms with E-state index in [2.05, 4.69) is 21.7 Å². The number of morpholine rings is 1. The third-order valence-electron chi connectivity index (χ3n) is 5.21. The number of ketones is 1. The molecule has 1 aliphatic rings. The second-order valence-electron chi connectivity index (χ2n) is 8.32. The predicted molar refractivity (Wildman–Crippen MR) is 129 cm³/mol. The first kappa shape index (κ1) is 23.5. The van der Waals surface area contributed by atoms with Crippen molar-refractivity contribution in [1.29, 1.82) is 0 Å². The fourth-order valence-electron chi connectivity index (χ4n) is 3.60. The molecule has 0 aromatic carbocycles. The quantitative estimate of drug-likeness (QED) is 0.399. The van der Waals surface area contributed by atoms with Crippen LogP contribution < -0.4 is 10.6 Å². The molecule has 0 unspecified atom stereocenters. The lowest BCUT2D eigenvalue weighted by atomic mass is 10.1. The molecule has 0 saturated carbocycles. The summed E-state index contributed by atoms with van der Waals surface area (Å²) in [6.45, 7) is 8.91. The number of nitrogens with two attached hydrogens (primary N) is 1. The number of allylic oxidation sites excluding steroid dienone is 2. The van der Waals surface area contributed by atoms with Crippen molar-refractivity contribution >= 4 is 17.4 Å². The van der Waals surface area contributed by atoms with Gasteiger partial charge >= 0.3 is 0 Å². The van der Waals surface area contributed by atoms with Gasteiger partial charge in [-0.1, -0.05) is 17.4 Å². The molecule has 0 amide bonds. The molecular weight excluding hydrogens is 400 g/mol. The van der Waals surface area contributed by atoms with E-state index >= 15 is 0 Å². The molecule has 0 spiro atoms. The monoisotopic (exact) mass is 432 g/mol. The summed E-state index contributed by atoms with van der Waals surface area (Å²) < 4.78 is 5.49. The summed E-state index contributed by atoms with van der Waals surface area (Å²) in [5.41, 5.74) is 10.6. The van der Waals surface area contributed by atoms with Crippen LogP contribution in [0.15, 0.2) is 36.0 Å². The summed E-state index contributed by atoms with van der Waals surface area (Å²) in [5.74, 6) is 8.16. The van der Waals surface area contributed by atoms with Gasteiger partial charge in [-0.25, -0.2) is 9.97 Å². The van der Waals surface area contributed by atoms with Crippen molar-refractivity contribution in [3.63, 3.8) is 0 Å². The minimum Gasteiger partial charge on any atom is -0.384 e. The molecule has 3 rings (SSSR count). The highest BCUT2D eigenvalue weighted by atomic mass is 16.5. The molecular formula is C26H32N4O2. The van der Waals surface area contributed by atoms with Crippen molar-refractivity contribution in [2.24, 2.45) is 0 Å². The number of rotatable bonds is 7. The average molecular weight is 433 g/mol. The van der Waals surface area contributed by atoms with Gasteiger partial charge in [0.15, 0.2) is 5.78 Å². The summed E-state index contributed by atoms with van der Waals surface area (Å²) in [7, 11) is 0. The molecule has 1 aliphatic heterocycles. The van der Waals surface area contributed by atoms with E-state index in [0.717, 1.165) is 66.1 Å². The van der Waals surface area contributed by atoms with Crippen LogP contribution in [0, 0.1) is 18.8 Å². The number of hydrogen-bond donors (Lipinski definition) is 1. The van der Waals surface area contributed by atoms with E-state index in [-0.39, 0.29) is 5.78 Å². The molecule has 6 heteroatoms. The van der Waals surface area contributed by atoms with E-state index in [1.54, 1.807) is 12.3 Å². The number of pyridine rings is 2. The normalized spacial score (nSPS) is 13.3. The van der Waals surface area contributed by atoms with Crippen molar-refractivity contribution in [2.75, 3.05) is 36.9 Å². The fraction of sp³-hybridized carbons (Fsp3) is 0.423. The maximum atomic E-state index is 11.8. The Bertz CT molecular complexity index is 1040. The maximum absolute atomic E-state index is 11.8. The zero-order chi connectivity index (χ0) is 22.9. The molecule has 0 radical (unpaired) electrons. The number of nitrogen functional groups attached to an aromatic ring is 1. The van der Waals surface area contributed by atoms with Crippen LogP contribution in [0.3, 0.4) is 0 Å². The number of anilines is 2. The molecule has 2 aromatic heterocycles. The van der Waals surface area contributed by atoms with E-state index in [4.69, 9.17) is 15.5 Å². The second kappa shape index (κ2) is 11.4. The summed E-state index contributed by atoms with van der Waals surface area (Å²) in [5, 5.41) is 0. The van der Waals surface area contributed by atoms with Gasteiger partial charge in [-0.2, -0.15) is 0 Å². The third-order valence-corrected chi connectivity index (χ3v) is 5.21. The second-order valence-corrected chi connectivity index (χ2v) is 8.32. The Labute approximate surface area is 190 Å². The standard InChI is InChI=1S/C26H32N4O2/c1-19(2)14-22(31)9-7-5-4-6-8-21-16-24(23-18-28-25(27)15-20(23)3)29-26(17-21)30-10-12-32-13-11-30/h14-18H,4-5,7,9-13H2,1-3H3,(H2,27,28). The van der Waals surface area contributed by atoms with E-state index in [1.807, 2.05) is 39.0 Å². The van der Waals surface area contributed by atoms with Gasteiger partial charge in [0.2, 0.25) is 0 Å². The summed E-state index contributed by atoms with van der Waals surface area (Å²) in [6.07, 6.45) is 6.59. The molecule has 0 bridgehead atoms. The van der Waals surface area contributed by atoms with Gasteiger partial charge in [0, 0.05) is 43.3 Å². The number of hydrogen-bond acceptors (Lipinski definition) is 6. The first-order valence-electron chi connectivity index (χ1n) is 11.2. The Kier molecular flexibility index (Phi) is 8.41. The van der Waals surface area contributed by atoms with Gasteiger partial charge in [0.25, 0.3) is 0 Å². The fourth-order valence-corrected chi connectivity index (χ4v) is 3.60. The number of unbranched alkanes of at least 4 members (excludes halogenated alkanes) is 2. The molecule has 6 nitrogen and oxygen atoms in total. The van der Waals surface area contributed by atoms with Crippen LogP contribution in [0.5, 0.6) is 0 Å². The van der Waals surface area contributed by atoms with E-state index < -0.39 is 0 Å². The van der Waals surface area contributed by atoms with Crippen LogP contribution in [0.1, 0.15) is 50.7 Å². The zero-order valence-electron chi connectivity index (χ0n) is 19.3. The van der Waals surface area contributed by atoms with Crippen molar-refractivity contribution in [3.05, 3.63) is 47.2 Å². The number of aromatic nitrogens is 2. The molecule has 0 aliphatic carbocycles. The van der Waals surface area contributed by atoms with Crippen molar-refractivity contribution in [1.82, 2.24) is 9.97 Å². The molecule has 2 aromatic rings. The van der Waals surface area contributed by atoms with Gasteiger partial charge in [-0.15, -0.1) is 0 Å². The SMILES string of the molecule is CC(C)=CC(=O)CCCCC#Cc1cc(-c2cnc(N)cc2C)nc(N2CCOCC2)c1. The van der Waals surface area contributed by atoms with E-state index in [9.17, 15) is 4.79 Å². The van der Waals surface area contributed by atoms with Gasteiger partial charge in [-0.05, 0) is 63.5 Å². The van der Waals surface area contributed by atoms with Crippen molar-refractivity contribution in [3.8, 4) is 23.1 Å². The van der Waals surface area contributed by atoms with Crippen LogP contribution >= 0.6 is 0 Å². The lowest BCUT2D eigenvalue weighted by Crippen LogP contribution is -2.36. The van der Waals surface area contributed by atoms with Gasteiger partial charge in [0.1, 0.15) is 11.6 Å². The molecule has 1 saturated heterocycles. The lowest BCUT2D eigenvalue weighted by Gasteiger charge is -2.28. The highest BCUT2D eigenvalue weighted by Gasteiger charge is 2.15. The molecule has 32 heavy (non-hydrogen) atoms. The van der Waals surface area contributed by atoms with E-state index in [1.165, 1.54) is 0 Å². The Hall–Kier alpha value is -3.17. The van der Waals surface area contributed by atoms with Gasteiger partial charge in [0.05, 0.1) is 18.9 Å². The summed E-state index contributed by atoms with van der Waals surface area (Å²) >= 11 is 0. The Balaban J connectivity index is 1.75. The number of ether oxygens (including phenoxy) is 1. The van der Waals surface area contributed by atoms with Crippen LogP contribution in [-0.2, 0) is 9.53 Å². The number of carbonyl (C=O) groups excluding carboxylic acids is 1. The molecule has 3 heterocycles. The van der Waals surface area contributed by atoms with E-state index in [0.29, 0.717) is 25.5 Å². The van der Waals surface area contributed by atoms with Crippen LogP contribution in [-0.4, -0.2) is 42.1 Å². The Morgan fingerprint density at radius 3 is 2.72 bits per heavy atom. The molecule has 0 atom stereocenters. The average Bonchev–Trinajstić information content (AvgIpc) is 2.76. The zero-order valence-corrected chi connectivity index (χ0v) is 19.3. The minimum absolute atomic E-state index is 0.194. The Morgan fingerprint density at radius 1 is 1.22 bits per heavy atom. The molecule has 2 N–H and O–H groups in total. The highest BCUT2D eigenvalue weighted by Crippen LogP contribution is 2.26.